The van der Waals surface area contributed by atoms with Crippen LogP contribution >= 0.6 is 0 Å². The molecule has 1 fully saturated rings. The molecule has 0 radical (unpaired) electrons. The standard InChI is InChI=1S/C21H24BNO5/c1-20(2)21(3,4)28-22(27-20)17-9-5-16(6-10-17)14-26-19(25)23-18-11-7-15(13-24)8-12-18/h5-13H,14H2,1-4H3,(H,23,25). The number of amides is 1. The highest BCUT2D eigenvalue weighted by molar-refractivity contribution is 6.62. The van der Waals surface area contributed by atoms with Gasteiger partial charge >= 0.3 is 13.2 Å². The molecule has 0 spiro atoms. The highest BCUT2D eigenvalue weighted by atomic mass is 16.7. The summed E-state index contributed by atoms with van der Waals surface area (Å²) in [6.07, 6.45) is 0.184. The molecular formula is C21H24BNO5. The molecular weight excluding hydrogens is 357 g/mol. The summed E-state index contributed by atoms with van der Waals surface area (Å²) in [5.41, 5.74) is 2.10. The van der Waals surface area contributed by atoms with E-state index in [2.05, 4.69) is 5.32 Å². The number of benzene rings is 2. The summed E-state index contributed by atoms with van der Waals surface area (Å²) in [7, 11) is -0.419. The van der Waals surface area contributed by atoms with E-state index in [1.165, 1.54) is 0 Å². The third-order valence-corrected chi connectivity index (χ3v) is 5.17. The van der Waals surface area contributed by atoms with Gasteiger partial charge in [-0.2, -0.15) is 0 Å². The Morgan fingerprint density at radius 1 is 1.00 bits per heavy atom. The molecule has 0 bridgehead atoms. The van der Waals surface area contributed by atoms with Gasteiger partial charge in [0, 0.05) is 11.3 Å². The van der Waals surface area contributed by atoms with E-state index in [4.69, 9.17) is 14.0 Å². The van der Waals surface area contributed by atoms with E-state index in [0.29, 0.717) is 11.3 Å². The van der Waals surface area contributed by atoms with Gasteiger partial charge in [0.05, 0.1) is 11.2 Å². The molecule has 1 aliphatic heterocycles. The fraction of sp³-hybridized carbons (Fsp3) is 0.333. The normalized spacial score (nSPS) is 17.2. The van der Waals surface area contributed by atoms with Crippen LogP contribution in [-0.2, 0) is 20.7 Å². The second-order valence-corrected chi connectivity index (χ2v) is 7.77. The Bertz CT molecular complexity index is 830. The molecule has 6 nitrogen and oxygen atoms in total. The first kappa shape index (κ1) is 20.1. The van der Waals surface area contributed by atoms with E-state index in [-0.39, 0.29) is 17.8 Å². The molecule has 2 aromatic rings. The van der Waals surface area contributed by atoms with Crippen molar-refractivity contribution in [2.45, 2.75) is 45.5 Å². The predicted octanol–water partition coefficient (Wildman–Crippen LogP) is 3.55. The number of carbonyl (C=O) groups is 2. The van der Waals surface area contributed by atoms with Crippen LogP contribution in [0.1, 0.15) is 43.6 Å². The van der Waals surface area contributed by atoms with Crippen molar-refractivity contribution >= 4 is 30.6 Å². The first-order valence-electron chi connectivity index (χ1n) is 9.14. The summed E-state index contributed by atoms with van der Waals surface area (Å²) in [5.74, 6) is 0. The maximum Gasteiger partial charge on any atom is 0.494 e. The number of carbonyl (C=O) groups excluding carboxylic acids is 2. The van der Waals surface area contributed by atoms with Crippen molar-refractivity contribution in [3.8, 4) is 0 Å². The van der Waals surface area contributed by atoms with E-state index in [1.54, 1.807) is 24.3 Å². The Labute approximate surface area is 165 Å². The third kappa shape index (κ3) is 4.43. The molecule has 28 heavy (non-hydrogen) atoms. The van der Waals surface area contributed by atoms with Gasteiger partial charge in [0.25, 0.3) is 0 Å². The van der Waals surface area contributed by atoms with Gasteiger partial charge in [-0.05, 0) is 63.0 Å². The second-order valence-electron chi connectivity index (χ2n) is 7.77. The van der Waals surface area contributed by atoms with Crippen molar-refractivity contribution < 1.29 is 23.6 Å². The SMILES string of the molecule is CC1(C)OB(c2ccc(COC(=O)Nc3ccc(C=O)cc3)cc2)OC1(C)C. The van der Waals surface area contributed by atoms with Crippen LogP contribution in [0, 0.1) is 0 Å². The van der Waals surface area contributed by atoms with E-state index in [9.17, 15) is 9.59 Å². The number of hydrogen-bond donors (Lipinski definition) is 1. The smallest absolute Gasteiger partial charge is 0.444 e. The summed E-state index contributed by atoms with van der Waals surface area (Å²) in [4.78, 5) is 22.6. The summed E-state index contributed by atoms with van der Waals surface area (Å²) >= 11 is 0. The molecule has 3 rings (SSSR count). The monoisotopic (exact) mass is 381 g/mol. The zero-order chi connectivity index (χ0) is 20.4. The minimum atomic E-state index is -0.561. The minimum absolute atomic E-state index is 0.141. The van der Waals surface area contributed by atoms with Gasteiger partial charge < -0.3 is 14.0 Å². The number of rotatable bonds is 5. The largest absolute Gasteiger partial charge is 0.494 e. The van der Waals surface area contributed by atoms with Crippen LogP contribution in [0.25, 0.3) is 0 Å². The van der Waals surface area contributed by atoms with Gasteiger partial charge in [-0.15, -0.1) is 0 Å². The molecule has 1 amide bonds. The number of ether oxygens (including phenoxy) is 1. The quantitative estimate of drug-likeness (QED) is 0.634. The Morgan fingerprint density at radius 2 is 1.57 bits per heavy atom. The van der Waals surface area contributed by atoms with Gasteiger partial charge in [-0.3, -0.25) is 10.1 Å². The van der Waals surface area contributed by atoms with Crippen LogP contribution < -0.4 is 10.8 Å². The van der Waals surface area contributed by atoms with Crippen molar-refractivity contribution in [3.63, 3.8) is 0 Å². The van der Waals surface area contributed by atoms with E-state index < -0.39 is 13.2 Å². The topological polar surface area (TPSA) is 73.9 Å². The fourth-order valence-corrected chi connectivity index (χ4v) is 2.70. The molecule has 2 aromatic carbocycles. The van der Waals surface area contributed by atoms with Gasteiger partial charge in [-0.1, -0.05) is 24.3 Å². The van der Waals surface area contributed by atoms with E-state index in [1.807, 2.05) is 52.0 Å². The summed E-state index contributed by atoms with van der Waals surface area (Å²) in [6.45, 7) is 8.20. The van der Waals surface area contributed by atoms with Crippen LogP contribution in [0.15, 0.2) is 48.5 Å². The van der Waals surface area contributed by atoms with Gasteiger partial charge in [-0.25, -0.2) is 4.79 Å². The van der Waals surface area contributed by atoms with Crippen LogP contribution in [-0.4, -0.2) is 30.7 Å². The molecule has 0 saturated carbocycles. The lowest BCUT2D eigenvalue weighted by Crippen LogP contribution is -2.41. The molecule has 146 valence electrons. The molecule has 7 heteroatoms. The summed E-state index contributed by atoms with van der Waals surface area (Å²) in [5, 5.41) is 2.62. The lowest BCUT2D eigenvalue weighted by Gasteiger charge is -2.32. The van der Waals surface area contributed by atoms with Crippen molar-refractivity contribution in [1.82, 2.24) is 0 Å². The molecule has 0 atom stereocenters. The number of hydrogen-bond acceptors (Lipinski definition) is 5. The van der Waals surface area contributed by atoms with Crippen LogP contribution in [0.5, 0.6) is 0 Å². The molecule has 1 N–H and O–H groups in total. The average molecular weight is 381 g/mol. The highest BCUT2D eigenvalue weighted by Crippen LogP contribution is 2.36. The number of anilines is 1. The summed E-state index contributed by atoms with van der Waals surface area (Å²) in [6, 6.07) is 14.1. The molecule has 0 aromatic heterocycles. The molecule has 0 aliphatic carbocycles. The van der Waals surface area contributed by atoms with Gasteiger partial charge in [0.15, 0.2) is 0 Å². The van der Waals surface area contributed by atoms with Gasteiger partial charge in [0.1, 0.15) is 12.9 Å². The third-order valence-electron chi connectivity index (χ3n) is 5.17. The Morgan fingerprint density at radius 3 is 2.11 bits per heavy atom. The zero-order valence-electron chi connectivity index (χ0n) is 16.5. The van der Waals surface area contributed by atoms with E-state index in [0.717, 1.165) is 17.3 Å². The zero-order valence-corrected chi connectivity index (χ0v) is 16.5. The first-order valence-corrected chi connectivity index (χ1v) is 9.14. The lowest BCUT2D eigenvalue weighted by molar-refractivity contribution is 0.00578. The van der Waals surface area contributed by atoms with Crippen molar-refractivity contribution in [2.24, 2.45) is 0 Å². The molecule has 1 saturated heterocycles. The molecule has 1 heterocycles. The molecule has 0 unspecified atom stereocenters. The fourth-order valence-electron chi connectivity index (χ4n) is 2.70. The Kier molecular flexibility index (Phi) is 5.58. The lowest BCUT2D eigenvalue weighted by atomic mass is 9.79. The highest BCUT2D eigenvalue weighted by Gasteiger charge is 2.51. The minimum Gasteiger partial charge on any atom is -0.444 e. The van der Waals surface area contributed by atoms with Crippen molar-refractivity contribution in [2.75, 3.05) is 5.32 Å². The maximum atomic E-state index is 11.9. The Balaban J connectivity index is 1.53. The van der Waals surface area contributed by atoms with Crippen molar-refractivity contribution in [1.29, 1.82) is 0 Å². The number of nitrogens with one attached hydrogen (secondary N) is 1. The Hall–Kier alpha value is -2.64. The van der Waals surface area contributed by atoms with E-state index >= 15 is 0 Å². The average Bonchev–Trinajstić information content (AvgIpc) is 2.88. The number of aldehydes is 1. The second kappa shape index (κ2) is 7.77. The van der Waals surface area contributed by atoms with Crippen LogP contribution in [0.2, 0.25) is 0 Å². The first-order chi connectivity index (χ1) is 13.2. The van der Waals surface area contributed by atoms with Crippen LogP contribution in [0.4, 0.5) is 10.5 Å². The van der Waals surface area contributed by atoms with Crippen molar-refractivity contribution in [3.05, 3.63) is 59.7 Å². The van der Waals surface area contributed by atoms with Gasteiger partial charge in [0.2, 0.25) is 0 Å². The summed E-state index contributed by atoms with van der Waals surface area (Å²) < 4.78 is 17.3. The maximum absolute atomic E-state index is 11.9. The van der Waals surface area contributed by atoms with Crippen LogP contribution in [0.3, 0.4) is 0 Å². The predicted molar refractivity (Wildman–Crippen MR) is 108 cm³/mol. The molecule has 1 aliphatic rings.